The zero-order valence-electron chi connectivity index (χ0n) is 9.73. The van der Waals surface area contributed by atoms with Crippen molar-refractivity contribution in [3.8, 4) is 0 Å². The number of rotatable bonds is 4. The van der Waals surface area contributed by atoms with Crippen LogP contribution in [0.25, 0.3) is 0 Å². The number of carbonyl (C=O) groups excluding carboxylic acids is 1. The van der Waals surface area contributed by atoms with Crippen LogP contribution in [0.2, 0.25) is 0 Å². The fourth-order valence-corrected chi connectivity index (χ4v) is 2.21. The summed E-state index contributed by atoms with van der Waals surface area (Å²) in [4.78, 5) is 12.0. The zero-order chi connectivity index (χ0) is 14.6. The molecular formula is C9H11FN4O3S2. The van der Waals surface area contributed by atoms with E-state index in [0.29, 0.717) is 0 Å². The molecule has 10 heteroatoms. The Morgan fingerprint density at radius 1 is 1.42 bits per heavy atom. The number of hydrazine groups is 1. The summed E-state index contributed by atoms with van der Waals surface area (Å²) in [5.74, 6) is -1.42. The summed E-state index contributed by atoms with van der Waals surface area (Å²) in [7, 11) is -4.15. The average molecular weight is 306 g/mol. The van der Waals surface area contributed by atoms with Crippen LogP contribution in [0.4, 0.5) is 10.1 Å². The Hall–Kier alpha value is -1.78. The molecule has 1 rings (SSSR count). The van der Waals surface area contributed by atoms with Crippen LogP contribution in [0.15, 0.2) is 23.1 Å². The number of anilines is 1. The predicted molar refractivity (Wildman–Crippen MR) is 70.9 cm³/mol. The SMILES string of the molecule is CC(=O)Nc1ccc(S(=O)(=O)NNC(N)=S)c(F)c1. The maximum Gasteiger partial charge on any atom is 0.260 e. The molecule has 0 aliphatic rings. The Morgan fingerprint density at radius 2 is 2.05 bits per heavy atom. The summed E-state index contributed by atoms with van der Waals surface area (Å²) in [6.07, 6.45) is 0. The third-order valence-electron chi connectivity index (χ3n) is 1.85. The second-order valence-corrected chi connectivity index (χ2v) is 5.51. The topological polar surface area (TPSA) is 113 Å². The standard InChI is InChI=1S/C9H11FN4O3S2/c1-5(15)12-6-2-3-8(7(10)4-6)19(16,17)14-13-9(11)18/h2-4,14H,1H3,(H,12,15)(H3,11,13,18). The Kier molecular flexibility index (Phi) is 4.75. The number of amides is 1. The maximum atomic E-state index is 13.7. The smallest absolute Gasteiger partial charge is 0.260 e. The Morgan fingerprint density at radius 3 is 2.53 bits per heavy atom. The van der Waals surface area contributed by atoms with Crippen molar-refractivity contribution in [1.82, 2.24) is 10.3 Å². The molecule has 0 atom stereocenters. The molecule has 0 spiro atoms. The minimum absolute atomic E-state index is 0.145. The number of carbonyl (C=O) groups is 1. The van der Waals surface area contributed by atoms with Crippen molar-refractivity contribution in [3.63, 3.8) is 0 Å². The largest absolute Gasteiger partial charge is 0.375 e. The van der Waals surface area contributed by atoms with Crippen molar-refractivity contribution >= 4 is 38.9 Å². The molecule has 0 unspecified atom stereocenters. The zero-order valence-corrected chi connectivity index (χ0v) is 11.4. The number of nitrogens with two attached hydrogens (primary N) is 1. The Labute approximate surface area is 114 Å². The summed E-state index contributed by atoms with van der Waals surface area (Å²) in [6.45, 7) is 1.25. The number of halogens is 1. The molecule has 0 heterocycles. The molecule has 104 valence electrons. The van der Waals surface area contributed by atoms with Crippen molar-refractivity contribution in [1.29, 1.82) is 0 Å². The highest BCUT2D eigenvalue weighted by Crippen LogP contribution is 2.18. The summed E-state index contributed by atoms with van der Waals surface area (Å²) in [6, 6.07) is 3.14. The van der Waals surface area contributed by atoms with Crippen LogP contribution in [0, 0.1) is 5.82 Å². The quantitative estimate of drug-likeness (QED) is 0.453. The van der Waals surface area contributed by atoms with Crippen molar-refractivity contribution in [2.75, 3.05) is 5.32 Å². The number of sulfonamides is 1. The van der Waals surface area contributed by atoms with Crippen LogP contribution in [0.1, 0.15) is 6.92 Å². The van der Waals surface area contributed by atoms with E-state index < -0.39 is 26.6 Å². The van der Waals surface area contributed by atoms with Gasteiger partial charge < -0.3 is 11.1 Å². The molecule has 1 amide bonds. The van der Waals surface area contributed by atoms with E-state index >= 15 is 0 Å². The maximum absolute atomic E-state index is 13.7. The lowest BCUT2D eigenvalue weighted by molar-refractivity contribution is -0.114. The van der Waals surface area contributed by atoms with Gasteiger partial charge in [0.15, 0.2) is 5.11 Å². The predicted octanol–water partition coefficient (Wildman–Crippen LogP) is -0.189. The Balaban J connectivity index is 3.01. The summed E-state index contributed by atoms with van der Waals surface area (Å²) in [5.41, 5.74) is 7.18. The summed E-state index contributed by atoms with van der Waals surface area (Å²) >= 11 is 4.41. The summed E-state index contributed by atoms with van der Waals surface area (Å²) < 4.78 is 37.0. The van der Waals surface area contributed by atoms with Gasteiger partial charge in [0.2, 0.25) is 5.91 Å². The number of nitrogens with one attached hydrogen (secondary N) is 3. The molecule has 0 radical (unpaired) electrons. The van der Waals surface area contributed by atoms with Crippen LogP contribution in [-0.4, -0.2) is 19.4 Å². The van der Waals surface area contributed by atoms with Crippen molar-refractivity contribution < 1.29 is 17.6 Å². The lowest BCUT2D eigenvalue weighted by atomic mass is 10.3. The van der Waals surface area contributed by atoms with E-state index in [2.05, 4.69) is 17.5 Å². The molecule has 0 aromatic heterocycles. The van der Waals surface area contributed by atoms with Gasteiger partial charge in [-0.3, -0.25) is 10.2 Å². The number of hydrogen-bond donors (Lipinski definition) is 4. The van der Waals surface area contributed by atoms with Gasteiger partial charge in [0.25, 0.3) is 10.0 Å². The van der Waals surface area contributed by atoms with E-state index in [1.54, 1.807) is 4.83 Å². The van der Waals surface area contributed by atoms with Gasteiger partial charge in [-0.15, -0.1) is 4.83 Å². The van der Waals surface area contributed by atoms with Gasteiger partial charge in [0.05, 0.1) is 0 Å². The van der Waals surface area contributed by atoms with E-state index in [0.717, 1.165) is 12.1 Å². The van der Waals surface area contributed by atoms with E-state index in [-0.39, 0.29) is 10.8 Å². The molecule has 0 aliphatic heterocycles. The van der Waals surface area contributed by atoms with E-state index in [4.69, 9.17) is 5.73 Å². The fraction of sp³-hybridized carbons (Fsp3) is 0.111. The lowest BCUT2D eigenvalue weighted by Gasteiger charge is -2.09. The Bertz CT molecular complexity index is 618. The van der Waals surface area contributed by atoms with Gasteiger partial charge in [-0.2, -0.15) is 0 Å². The van der Waals surface area contributed by atoms with Gasteiger partial charge in [-0.05, 0) is 30.4 Å². The lowest BCUT2D eigenvalue weighted by Crippen LogP contribution is -2.44. The van der Waals surface area contributed by atoms with Crippen LogP contribution < -0.4 is 21.3 Å². The third-order valence-corrected chi connectivity index (χ3v) is 3.23. The molecule has 7 nitrogen and oxygen atoms in total. The highest BCUT2D eigenvalue weighted by atomic mass is 32.2. The monoisotopic (exact) mass is 306 g/mol. The second kappa shape index (κ2) is 5.91. The molecule has 0 saturated carbocycles. The van der Waals surface area contributed by atoms with Crippen molar-refractivity contribution in [3.05, 3.63) is 24.0 Å². The average Bonchev–Trinajstić information content (AvgIpc) is 2.25. The number of benzene rings is 1. The van der Waals surface area contributed by atoms with E-state index in [1.807, 2.05) is 5.43 Å². The van der Waals surface area contributed by atoms with E-state index in [9.17, 15) is 17.6 Å². The van der Waals surface area contributed by atoms with Crippen LogP contribution in [-0.2, 0) is 14.8 Å². The second-order valence-electron chi connectivity index (χ2n) is 3.42. The van der Waals surface area contributed by atoms with Gasteiger partial charge in [-0.25, -0.2) is 12.8 Å². The molecule has 5 N–H and O–H groups in total. The first-order chi connectivity index (χ1) is 8.72. The van der Waals surface area contributed by atoms with E-state index in [1.165, 1.54) is 13.0 Å². The molecule has 0 bridgehead atoms. The molecule has 1 aromatic carbocycles. The highest BCUT2D eigenvalue weighted by Gasteiger charge is 2.19. The van der Waals surface area contributed by atoms with Gasteiger partial charge in [0, 0.05) is 12.6 Å². The molecule has 19 heavy (non-hydrogen) atoms. The first kappa shape index (κ1) is 15.3. The molecule has 0 aliphatic carbocycles. The van der Waals surface area contributed by atoms with Crippen LogP contribution in [0.5, 0.6) is 0 Å². The number of thiocarbonyl (C=S) groups is 1. The van der Waals surface area contributed by atoms with Crippen LogP contribution in [0.3, 0.4) is 0 Å². The molecule has 0 fully saturated rings. The minimum atomic E-state index is -4.15. The fourth-order valence-electron chi connectivity index (χ4n) is 1.17. The molecule has 0 saturated heterocycles. The highest BCUT2D eigenvalue weighted by molar-refractivity contribution is 7.89. The molecular weight excluding hydrogens is 295 g/mol. The van der Waals surface area contributed by atoms with Gasteiger partial charge in [0.1, 0.15) is 10.7 Å². The van der Waals surface area contributed by atoms with Gasteiger partial charge >= 0.3 is 0 Å². The first-order valence-corrected chi connectivity index (χ1v) is 6.76. The first-order valence-electron chi connectivity index (χ1n) is 4.87. The summed E-state index contributed by atoms with van der Waals surface area (Å²) in [5, 5.41) is 2.02. The molecule has 1 aromatic rings. The minimum Gasteiger partial charge on any atom is -0.375 e. The third kappa shape index (κ3) is 4.43. The van der Waals surface area contributed by atoms with Gasteiger partial charge in [-0.1, -0.05) is 0 Å². The van der Waals surface area contributed by atoms with Crippen LogP contribution >= 0.6 is 12.2 Å². The number of hydrogen-bond acceptors (Lipinski definition) is 4. The van der Waals surface area contributed by atoms with Crippen molar-refractivity contribution in [2.24, 2.45) is 5.73 Å². The van der Waals surface area contributed by atoms with Crippen molar-refractivity contribution in [2.45, 2.75) is 11.8 Å². The normalized spacial score (nSPS) is 10.8.